The first-order valence-electron chi connectivity index (χ1n) is 6.41. The summed E-state index contributed by atoms with van der Waals surface area (Å²) in [6.45, 7) is 2.57. The molecule has 0 aliphatic rings. The van der Waals surface area contributed by atoms with Gasteiger partial charge >= 0.3 is 11.0 Å². The van der Waals surface area contributed by atoms with Crippen LogP contribution in [-0.2, 0) is 6.54 Å². The molecule has 1 N–H and O–H groups in total. The van der Waals surface area contributed by atoms with E-state index in [2.05, 4.69) is 10.3 Å². The third-order valence-electron chi connectivity index (χ3n) is 2.68. The summed E-state index contributed by atoms with van der Waals surface area (Å²) < 4.78 is 1.57. The van der Waals surface area contributed by atoms with Crippen molar-refractivity contribution in [3.05, 3.63) is 56.0 Å². The van der Waals surface area contributed by atoms with Crippen molar-refractivity contribution in [1.82, 2.24) is 9.88 Å². The Hall–Kier alpha value is -2.19. The molecule has 0 spiro atoms. The van der Waals surface area contributed by atoms with Crippen molar-refractivity contribution in [2.24, 2.45) is 4.99 Å². The third-order valence-corrected chi connectivity index (χ3v) is 3.90. The molecule has 116 valence electrons. The topological polar surface area (TPSA) is 89.5 Å². The average molecular weight is 341 g/mol. The molecule has 0 fully saturated rings. The molecule has 2 aromatic rings. The van der Waals surface area contributed by atoms with Crippen molar-refractivity contribution in [3.8, 4) is 0 Å². The van der Waals surface area contributed by atoms with Gasteiger partial charge in [-0.05, 0) is 36.0 Å². The number of hydrogen-bond acceptors (Lipinski definition) is 4. The third kappa shape index (κ3) is 4.15. The fraction of sp³-hybridized carbons (Fsp3) is 0.231. The number of aromatic nitrogens is 1. The van der Waals surface area contributed by atoms with Gasteiger partial charge in [0.25, 0.3) is 0 Å². The van der Waals surface area contributed by atoms with Gasteiger partial charge in [0.05, 0.1) is 17.7 Å². The maximum Gasteiger partial charge on any atom is 0.343 e. The van der Waals surface area contributed by atoms with E-state index < -0.39 is 11.0 Å². The van der Waals surface area contributed by atoms with E-state index in [0.29, 0.717) is 18.1 Å². The van der Waals surface area contributed by atoms with Crippen molar-refractivity contribution >= 4 is 34.0 Å². The molecule has 9 heteroatoms. The Balaban J connectivity index is 2.38. The number of thiazole rings is 1. The minimum absolute atomic E-state index is 0.0722. The summed E-state index contributed by atoms with van der Waals surface area (Å²) >= 11 is 6.68. The van der Waals surface area contributed by atoms with Crippen LogP contribution < -0.4 is 10.1 Å². The lowest BCUT2D eigenvalue weighted by Crippen LogP contribution is -2.24. The first kappa shape index (κ1) is 16.2. The summed E-state index contributed by atoms with van der Waals surface area (Å²) in [5.41, 5.74) is 0.898. The van der Waals surface area contributed by atoms with Crippen LogP contribution in [0.15, 0.2) is 35.5 Å². The Morgan fingerprint density at radius 1 is 1.45 bits per heavy atom. The van der Waals surface area contributed by atoms with Crippen LogP contribution in [-0.4, -0.2) is 22.1 Å². The van der Waals surface area contributed by atoms with Gasteiger partial charge in [-0.25, -0.2) is 4.79 Å². The highest BCUT2D eigenvalue weighted by Gasteiger charge is 2.13. The number of urea groups is 1. The second-order valence-corrected chi connectivity index (χ2v) is 5.73. The van der Waals surface area contributed by atoms with Crippen LogP contribution in [0.5, 0.6) is 0 Å². The monoisotopic (exact) mass is 340 g/mol. The number of hydrogen-bond donors (Lipinski definition) is 1. The minimum Gasteiger partial charge on any atom is -0.336 e. The number of rotatable bonds is 4. The van der Waals surface area contributed by atoms with Crippen LogP contribution in [0.4, 0.5) is 9.80 Å². The second-order valence-electron chi connectivity index (χ2n) is 4.31. The molecule has 22 heavy (non-hydrogen) atoms. The zero-order valence-corrected chi connectivity index (χ0v) is 13.2. The van der Waals surface area contributed by atoms with Gasteiger partial charge in [-0.1, -0.05) is 23.7 Å². The molecule has 0 radical (unpaired) electrons. The highest BCUT2D eigenvalue weighted by Crippen LogP contribution is 2.16. The van der Waals surface area contributed by atoms with Gasteiger partial charge < -0.3 is 9.88 Å². The molecule has 7 nitrogen and oxygen atoms in total. The summed E-state index contributed by atoms with van der Waals surface area (Å²) in [4.78, 5) is 26.1. The van der Waals surface area contributed by atoms with Crippen LogP contribution in [0.1, 0.15) is 12.5 Å². The van der Waals surface area contributed by atoms with E-state index in [1.54, 1.807) is 23.6 Å². The van der Waals surface area contributed by atoms with Crippen molar-refractivity contribution in [3.63, 3.8) is 0 Å². The lowest BCUT2D eigenvalue weighted by molar-refractivity contribution is -0.380. The number of benzene rings is 1. The molecule has 1 heterocycles. The minimum atomic E-state index is -0.524. The van der Waals surface area contributed by atoms with Gasteiger partial charge in [-0.3, -0.25) is 10.1 Å². The molecule has 0 saturated carbocycles. The largest absolute Gasteiger partial charge is 0.343 e. The lowest BCUT2D eigenvalue weighted by atomic mass is 10.2. The zero-order valence-electron chi connectivity index (χ0n) is 11.7. The van der Waals surface area contributed by atoms with E-state index in [1.165, 1.54) is 6.20 Å². The number of amides is 2. The Labute approximate surface area is 135 Å². The van der Waals surface area contributed by atoms with Crippen LogP contribution >= 0.6 is 22.9 Å². The number of nitro groups is 1. The molecular formula is C13H13ClN4O3S. The predicted molar refractivity (Wildman–Crippen MR) is 84.2 cm³/mol. The Morgan fingerprint density at radius 2 is 2.14 bits per heavy atom. The molecule has 0 bridgehead atoms. The zero-order chi connectivity index (χ0) is 16.1. The maximum absolute atomic E-state index is 11.6. The van der Waals surface area contributed by atoms with E-state index in [4.69, 9.17) is 11.6 Å². The molecule has 1 aromatic heterocycles. The van der Waals surface area contributed by atoms with Crippen LogP contribution in [0.25, 0.3) is 0 Å². The SMILES string of the molecule is CCNC(=O)/N=c1\sc([N+](=O)[O-])cn1Cc1ccc(Cl)cc1. The van der Waals surface area contributed by atoms with Crippen molar-refractivity contribution < 1.29 is 9.72 Å². The quantitative estimate of drug-likeness (QED) is 0.685. The van der Waals surface area contributed by atoms with Gasteiger partial charge in [0, 0.05) is 11.6 Å². The van der Waals surface area contributed by atoms with Gasteiger partial charge in [-0.2, -0.15) is 4.99 Å². The smallest absolute Gasteiger partial charge is 0.336 e. The second kappa shape index (κ2) is 7.19. The number of carbonyl (C=O) groups is 1. The van der Waals surface area contributed by atoms with Gasteiger partial charge in [0.15, 0.2) is 0 Å². The van der Waals surface area contributed by atoms with Gasteiger partial charge in [0.2, 0.25) is 4.80 Å². The summed E-state index contributed by atoms with van der Waals surface area (Å²) in [5, 5.41) is 14.0. The molecule has 0 aliphatic carbocycles. The van der Waals surface area contributed by atoms with E-state index in [0.717, 1.165) is 16.9 Å². The van der Waals surface area contributed by atoms with Crippen LogP contribution in [0, 0.1) is 10.1 Å². The van der Waals surface area contributed by atoms with Crippen LogP contribution in [0.2, 0.25) is 5.02 Å². The summed E-state index contributed by atoms with van der Waals surface area (Å²) in [7, 11) is 0. The van der Waals surface area contributed by atoms with E-state index >= 15 is 0 Å². The van der Waals surface area contributed by atoms with Gasteiger partial charge in [-0.15, -0.1) is 0 Å². The molecule has 2 amide bonds. The Kier molecular flexibility index (Phi) is 5.29. The van der Waals surface area contributed by atoms with Crippen LogP contribution in [0.3, 0.4) is 0 Å². The number of halogens is 1. The highest BCUT2D eigenvalue weighted by atomic mass is 35.5. The van der Waals surface area contributed by atoms with E-state index in [1.807, 2.05) is 12.1 Å². The normalized spacial score (nSPS) is 11.5. The molecule has 0 saturated heterocycles. The predicted octanol–water partition coefficient (Wildman–Crippen LogP) is 2.79. The molecule has 1 aromatic carbocycles. The first-order valence-corrected chi connectivity index (χ1v) is 7.60. The summed E-state index contributed by atoms with van der Waals surface area (Å²) in [5.74, 6) is 0. The van der Waals surface area contributed by atoms with Crippen molar-refractivity contribution in [2.45, 2.75) is 13.5 Å². The number of carbonyl (C=O) groups excluding carboxylic acids is 1. The molecule has 0 unspecified atom stereocenters. The summed E-state index contributed by atoms with van der Waals surface area (Å²) in [6.07, 6.45) is 1.37. The average Bonchev–Trinajstić information content (AvgIpc) is 2.85. The highest BCUT2D eigenvalue weighted by molar-refractivity contribution is 7.12. The first-order chi connectivity index (χ1) is 10.5. The number of nitrogens with zero attached hydrogens (tertiary/aromatic N) is 3. The fourth-order valence-corrected chi connectivity index (χ4v) is 2.65. The molecule has 0 atom stereocenters. The molecule has 2 rings (SSSR count). The van der Waals surface area contributed by atoms with Crippen molar-refractivity contribution in [1.29, 1.82) is 0 Å². The maximum atomic E-state index is 11.6. The lowest BCUT2D eigenvalue weighted by Gasteiger charge is -2.03. The van der Waals surface area contributed by atoms with Crippen molar-refractivity contribution in [2.75, 3.05) is 6.54 Å². The van der Waals surface area contributed by atoms with E-state index in [-0.39, 0.29) is 9.80 Å². The molecular weight excluding hydrogens is 328 g/mol. The standard InChI is InChI=1S/C13H13ClN4O3S/c1-2-15-12(19)16-13-17(8-11(22-13)18(20)21)7-9-3-5-10(14)6-4-9/h3-6,8H,2,7H2,1H3,(H,15,19)/b16-13-. The molecule has 0 aliphatic heterocycles. The van der Waals surface area contributed by atoms with E-state index in [9.17, 15) is 14.9 Å². The fourth-order valence-electron chi connectivity index (χ4n) is 1.72. The summed E-state index contributed by atoms with van der Waals surface area (Å²) in [6, 6.07) is 6.57. The Bertz CT molecular complexity index is 751. The number of nitrogens with one attached hydrogen (secondary N) is 1. The van der Waals surface area contributed by atoms with Gasteiger partial charge in [0.1, 0.15) is 0 Å². The Morgan fingerprint density at radius 3 is 2.73 bits per heavy atom.